The summed E-state index contributed by atoms with van der Waals surface area (Å²) in [7, 11) is 0. The summed E-state index contributed by atoms with van der Waals surface area (Å²) in [6.07, 6.45) is 0. The molecule has 0 aliphatic rings. The van der Waals surface area contributed by atoms with Gasteiger partial charge in [0, 0.05) is 44.9 Å². The molecule has 11 rings (SSSR count). The fourth-order valence-corrected chi connectivity index (χ4v) is 8.13. The van der Waals surface area contributed by atoms with Crippen LogP contribution in [0.15, 0.2) is 223 Å². The lowest BCUT2D eigenvalue weighted by Crippen LogP contribution is -2.10. The Balaban J connectivity index is 1.09. The van der Waals surface area contributed by atoms with Gasteiger partial charge in [-0.1, -0.05) is 170 Å². The Labute approximate surface area is 347 Å². The number of para-hydroxylation sites is 2. The number of fused-ring (bicyclic) bond motifs is 4. The summed E-state index contributed by atoms with van der Waals surface area (Å²) >= 11 is 0. The molecule has 5 nitrogen and oxygen atoms in total. The number of nitrogens with zero attached hydrogens (tertiary/aromatic N) is 4. The smallest absolute Gasteiger partial charge is 0.164 e. The van der Waals surface area contributed by atoms with Crippen molar-refractivity contribution < 1.29 is 4.42 Å². The van der Waals surface area contributed by atoms with Crippen LogP contribution in [0.25, 0.3) is 89.1 Å². The van der Waals surface area contributed by atoms with E-state index in [0.29, 0.717) is 17.5 Å². The van der Waals surface area contributed by atoms with Crippen LogP contribution in [0.5, 0.6) is 0 Å². The first-order chi connectivity index (χ1) is 29.7. The summed E-state index contributed by atoms with van der Waals surface area (Å²) in [4.78, 5) is 17.9. The van der Waals surface area contributed by atoms with E-state index >= 15 is 0 Å². The molecule has 2 aromatic heterocycles. The van der Waals surface area contributed by atoms with Gasteiger partial charge in [-0.2, -0.15) is 0 Å². The molecule has 0 radical (unpaired) electrons. The van der Waals surface area contributed by atoms with E-state index in [9.17, 15) is 0 Å². The van der Waals surface area contributed by atoms with Crippen LogP contribution in [0, 0.1) is 0 Å². The second kappa shape index (κ2) is 15.0. The summed E-state index contributed by atoms with van der Waals surface area (Å²) in [5.41, 5.74) is 11.8. The van der Waals surface area contributed by atoms with E-state index in [0.717, 1.165) is 77.6 Å². The first-order valence-electron chi connectivity index (χ1n) is 20.1. The van der Waals surface area contributed by atoms with Gasteiger partial charge in [0.2, 0.25) is 0 Å². The van der Waals surface area contributed by atoms with E-state index in [4.69, 9.17) is 19.4 Å². The van der Waals surface area contributed by atoms with Crippen molar-refractivity contribution in [2.75, 3.05) is 4.90 Å². The molecule has 0 aliphatic carbocycles. The molecular weight excluding hydrogens is 733 g/mol. The molecular formula is C55H36N4O. The normalized spacial score (nSPS) is 11.3. The molecule has 0 unspecified atom stereocenters. The zero-order valence-corrected chi connectivity index (χ0v) is 32.5. The predicted octanol–water partition coefficient (Wildman–Crippen LogP) is 14.7. The van der Waals surface area contributed by atoms with Crippen LogP contribution in [0.4, 0.5) is 17.1 Å². The molecule has 0 bridgehead atoms. The Kier molecular flexibility index (Phi) is 8.75. The fraction of sp³-hybridized carbons (Fsp3) is 0. The number of anilines is 3. The lowest BCUT2D eigenvalue weighted by Gasteiger charge is -2.26. The number of rotatable bonds is 8. The van der Waals surface area contributed by atoms with Crippen LogP contribution in [0.2, 0.25) is 0 Å². The van der Waals surface area contributed by atoms with Gasteiger partial charge in [-0.15, -0.1) is 0 Å². The Morgan fingerprint density at radius 2 is 0.817 bits per heavy atom. The monoisotopic (exact) mass is 768 g/mol. The van der Waals surface area contributed by atoms with Crippen LogP contribution in [-0.2, 0) is 0 Å². The molecule has 0 saturated carbocycles. The van der Waals surface area contributed by atoms with E-state index in [-0.39, 0.29) is 0 Å². The third kappa shape index (κ3) is 6.54. The summed E-state index contributed by atoms with van der Waals surface area (Å²) in [5, 5.41) is 4.23. The molecule has 9 aromatic carbocycles. The maximum atomic E-state index is 6.68. The van der Waals surface area contributed by atoms with Crippen molar-refractivity contribution in [3.05, 3.63) is 218 Å². The van der Waals surface area contributed by atoms with Crippen molar-refractivity contribution in [3.63, 3.8) is 0 Å². The highest BCUT2D eigenvalue weighted by Crippen LogP contribution is 2.44. The molecule has 0 amide bonds. The molecule has 0 saturated heterocycles. The van der Waals surface area contributed by atoms with Crippen molar-refractivity contribution in [2.24, 2.45) is 0 Å². The number of furan rings is 1. The average molecular weight is 769 g/mol. The van der Waals surface area contributed by atoms with E-state index in [1.54, 1.807) is 0 Å². The third-order valence-electron chi connectivity index (χ3n) is 11.1. The summed E-state index contributed by atoms with van der Waals surface area (Å²) < 4.78 is 6.68. The lowest BCUT2D eigenvalue weighted by atomic mass is 10.00. The summed E-state index contributed by atoms with van der Waals surface area (Å²) in [6, 6.07) is 75.8. The number of hydrogen-bond donors (Lipinski definition) is 0. The maximum absolute atomic E-state index is 6.68. The molecule has 0 N–H and O–H groups in total. The maximum Gasteiger partial charge on any atom is 0.164 e. The van der Waals surface area contributed by atoms with Gasteiger partial charge in [0.05, 0.1) is 5.69 Å². The van der Waals surface area contributed by atoms with E-state index in [1.165, 1.54) is 11.1 Å². The largest absolute Gasteiger partial charge is 0.456 e. The van der Waals surface area contributed by atoms with Gasteiger partial charge < -0.3 is 9.32 Å². The number of benzene rings is 9. The fourth-order valence-electron chi connectivity index (χ4n) is 8.13. The van der Waals surface area contributed by atoms with E-state index < -0.39 is 0 Å². The quantitative estimate of drug-likeness (QED) is 0.154. The Morgan fingerprint density at radius 1 is 0.317 bits per heavy atom. The summed E-state index contributed by atoms with van der Waals surface area (Å²) in [5.74, 6) is 1.76. The van der Waals surface area contributed by atoms with Crippen LogP contribution in [0.3, 0.4) is 0 Å². The van der Waals surface area contributed by atoms with Crippen LogP contribution in [-0.4, -0.2) is 15.0 Å². The van der Waals surface area contributed by atoms with Crippen molar-refractivity contribution >= 4 is 49.8 Å². The molecule has 0 spiro atoms. The van der Waals surface area contributed by atoms with Crippen molar-refractivity contribution in [2.45, 2.75) is 0 Å². The second-order valence-corrected chi connectivity index (χ2v) is 14.9. The standard InChI is InChI=1S/C55H36N4O/c1-4-14-37(15-5-1)39-24-26-40(27-25-39)41-30-32-46(33-31-41)59(45-20-8-3-9-21-45)47-35-49(52-48-22-12-13-23-50(48)60-51(52)36-47)55-57-53(42-17-6-2-7-18-42)56-54(58-55)44-29-28-38-16-10-11-19-43(38)34-44/h1-36H. The van der Waals surface area contributed by atoms with Gasteiger partial charge >= 0.3 is 0 Å². The highest BCUT2D eigenvalue weighted by molar-refractivity contribution is 6.13. The molecule has 0 fully saturated rings. The molecule has 60 heavy (non-hydrogen) atoms. The van der Waals surface area contributed by atoms with Crippen molar-refractivity contribution in [1.29, 1.82) is 0 Å². The van der Waals surface area contributed by atoms with Gasteiger partial charge in [-0.25, -0.2) is 15.0 Å². The molecule has 5 heteroatoms. The van der Waals surface area contributed by atoms with Gasteiger partial charge in [-0.3, -0.25) is 0 Å². The van der Waals surface area contributed by atoms with Gasteiger partial charge in [0.15, 0.2) is 17.5 Å². The van der Waals surface area contributed by atoms with Crippen LogP contribution < -0.4 is 4.90 Å². The first kappa shape index (κ1) is 35.0. The highest BCUT2D eigenvalue weighted by atomic mass is 16.3. The molecule has 2 heterocycles. The van der Waals surface area contributed by atoms with Crippen LogP contribution in [0.1, 0.15) is 0 Å². The number of aromatic nitrogens is 3. The zero-order valence-electron chi connectivity index (χ0n) is 32.5. The topological polar surface area (TPSA) is 55.1 Å². The van der Waals surface area contributed by atoms with Gasteiger partial charge in [-0.05, 0) is 75.5 Å². The Hall–Kier alpha value is -8.15. The molecule has 0 atom stereocenters. The minimum absolute atomic E-state index is 0.563. The Morgan fingerprint density at radius 3 is 1.52 bits per heavy atom. The van der Waals surface area contributed by atoms with Gasteiger partial charge in [0.1, 0.15) is 11.2 Å². The van der Waals surface area contributed by atoms with E-state index in [2.05, 4.69) is 163 Å². The highest BCUT2D eigenvalue weighted by Gasteiger charge is 2.22. The SMILES string of the molecule is c1ccc(-c2ccc(-c3ccc(N(c4ccccc4)c4cc(-c5nc(-c6ccccc6)nc(-c6ccc7ccccc7c6)n5)c5c(c4)oc4ccccc45)cc3)cc2)cc1. The van der Waals surface area contributed by atoms with Gasteiger partial charge in [0.25, 0.3) is 0 Å². The van der Waals surface area contributed by atoms with Crippen molar-refractivity contribution in [1.82, 2.24) is 15.0 Å². The van der Waals surface area contributed by atoms with E-state index in [1.807, 2.05) is 60.7 Å². The molecule has 11 aromatic rings. The molecule has 0 aliphatic heterocycles. The minimum atomic E-state index is 0.563. The second-order valence-electron chi connectivity index (χ2n) is 14.9. The Bertz CT molecular complexity index is 3290. The minimum Gasteiger partial charge on any atom is -0.456 e. The number of hydrogen-bond acceptors (Lipinski definition) is 5. The molecule has 282 valence electrons. The first-order valence-corrected chi connectivity index (χ1v) is 20.1. The third-order valence-corrected chi connectivity index (χ3v) is 11.1. The zero-order chi connectivity index (χ0) is 39.8. The van der Waals surface area contributed by atoms with Crippen molar-refractivity contribution in [3.8, 4) is 56.4 Å². The summed E-state index contributed by atoms with van der Waals surface area (Å²) in [6.45, 7) is 0. The average Bonchev–Trinajstić information content (AvgIpc) is 3.71. The van der Waals surface area contributed by atoms with Crippen LogP contribution >= 0.6 is 0 Å². The lowest BCUT2D eigenvalue weighted by molar-refractivity contribution is 0.669. The predicted molar refractivity (Wildman–Crippen MR) is 246 cm³/mol.